The number of halogens is 1. The zero-order valence-corrected chi connectivity index (χ0v) is 11.8. The first-order valence-electron chi connectivity index (χ1n) is 5.85. The van der Waals surface area contributed by atoms with Crippen LogP contribution in [0.3, 0.4) is 0 Å². The third-order valence-electron chi connectivity index (χ3n) is 2.42. The SMILES string of the molecule is CS(=O)(=O)Nc1cc(NC(=O)c2ccccn2)ccc1F. The maximum Gasteiger partial charge on any atom is 0.274 e. The number of sulfonamides is 1. The standard InChI is InChI=1S/C13H12FN3O3S/c1-21(19,20)17-12-8-9(5-6-10(12)14)16-13(18)11-4-2-3-7-15-11/h2-8,17H,1H3,(H,16,18). The Morgan fingerprint density at radius 2 is 2.00 bits per heavy atom. The molecule has 0 aliphatic carbocycles. The van der Waals surface area contributed by atoms with Crippen LogP contribution in [0.5, 0.6) is 0 Å². The Bertz CT molecular complexity index is 763. The number of hydrogen-bond donors (Lipinski definition) is 2. The fourth-order valence-corrected chi connectivity index (χ4v) is 2.13. The highest BCUT2D eigenvalue weighted by Crippen LogP contribution is 2.20. The van der Waals surface area contributed by atoms with Crippen LogP contribution in [0.15, 0.2) is 42.6 Å². The fourth-order valence-electron chi connectivity index (χ4n) is 1.57. The van der Waals surface area contributed by atoms with Gasteiger partial charge in [-0.3, -0.25) is 14.5 Å². The number of anilines is 2. The van der Waals surface area contributed by atoms with Crippen LogP contribution in [0.4, 0.5) is 15.8 Å². The van der Waals surface area contributed by atoms with Crippen molar-refractivity contribution >= 4 is 27.3 Å². The molecule has 0 saturated carbocycles. The molecule has 0 radical (unpaired) electrons. The topological polar surface area (TPSA) is 88.2 Å². The van der Waals surface area contributed by atoms with Crippen molar-refractivity contribution in [2.75, 3.05) is 16.3 Å². The zero-order chi connectivity index (χ0) is 15.5. The van der Waals surface area contributed by atoms with Crippen LogP contribution in [0.2, 0.25) is 0 Å². The highest BCUT2D eigenvalue weighted by Gasteiger charge is 2.11. The molecule has 0 saturated heterocycles. The summed E-state index contributed by atoms with van der Waals surface area (Å²) in [6.07, 6.45) is 2.38. The van der Waals surface area contributed by atoms with Crippen molar-refractivity contribution in [1.82, 2.24) is 4.98 Å². The lowest BCUT2D eigenvalue weighted by molar-refractivity contribution is 0.102. The van der Waals surface area contributed by atoms with E-state index in [1.54, 1.807) is 12.1 Å². The first kappa shape index (κ1) is 14.9. The predicted molar refractivity (Wildman–Crippen MR) is 77.1 cm³/mol. The Morgan fingerprint density at radius 3 is 2.62 bits per heavy atom. The summed E-state index contributed by atoms with van der Waals surface area (Å²) in [5.41, 5.74) is 0.203. The van der Waals surface area contributed by atoms with Gasteiger partial charge in [0.05, 0.1) is 11.9 Å². The molecule has 0 aliphatic heterocycles. The molecule has 1 aromatic heterocycles. The minimum Gasteiger partial charge on any atom is -0.321 e. The zero-order valence-electron chi connectivity index (χ0n) is 11.0. The number of hydrogen-bond acceptors (Lipinski definition) is 4. The monoisotopic (exact) mass is 309 g/mol. The van der Waals surface area contributed by atoms with E-state index >= 15 is 0 Å². The second-order valence-electron chi connectivity index (χ2n) is 4.24. The van der Waals surface area contributed by atoms with E-state index in [0.717, 1.165) is 12.3 Å². The first-order valence-corrected chi connectivity index (χ1v) is 7.74. The van der Waals surface area contributed by atoms with E-state index in [4.69, 9.17) is 0 Å². The number of nitrogens with one attached hydrogen (secondary N) is 2. The van der Waals surface area contributed by atoms with E-state index in [-0.39, 0.29) is 17.1 Å². The molecule has 0 unspecified atom stereocenters. The van der Waals surface area contributed by atoms with Crippen molar-refractivity contribution in [2.45, 2.75) is 0 Å². The normalized spacial score (nSPS) is 11.0. The van der Waals surface area contributed by atoms with Crippen LogP contribution in [-0.4, -0.2) is 25.6 Å². The fraction of sp³-hybridized carbons (Fsp3) is 0.0769. The molecule has 1 heterocycles. The molecule has 6 nitrogen and oxygen atoms in total. The predicted octanol–water partition coefficient (Wildman–Crippen LogP) is 1.84. The van der Waals surface area contributed by atoms with Crippen molar-refractivity contribution in [1.29, 1.82) is 0 Å². The highest BCUT2D eigenvalue weighted by atomic mass is 32.2. The number of amides is 1. The van der Waals surface area contributed by atoms with Gasteiger partial charge in [0.15, 0.2) is 0 Å². The van der Waals surface area contributed by atoms with Crippen molar-refractivity contribution in [2.24, 2.45) is 0 Å². The van der Waals surface area contributed by atoms with E-state index in [0.29, 0.717) is 0 Å². The summed E-state index contributed by atoms with van der Waals surface area (Å²) in [5, 5.41) is 2.51. The minimum absolute atomic E-state index is 0.194. The summed E-state index contributed by atoms with van der Waals surface area (Å²) < 4.78 is 37.8. The van der Waals surface area contributed by atoms with Gasteiger partial charge in [-0.15, -0.1) is 0 Å². The summed E-state index contributed by atoms with van der Waals surface area (Å²) in [5.74, 6) is -1.22. The van der Waals surface area contributed by atoms with Crippen LogP contribution >= 0.6 is 0 Å². The van der Waals surface area contributed by atoms with Crippen molar-refractivity contribution < 1.29 is 17.6 Å². The largest absolute Gasteiger partial charge is 0.321 e. The first-order chi connectivity index (χ1) is 9.85. The Morgan fingerprint density at radius 1 is 1.24 bits per heavy atom. The maximum atomic E-state index is 13.5. The van der Waals surface area contributed by atoms with Crippen molar-refractivity contribution in [3.05, 3.63) is 54.1 Å². The van der Waals surface area contributed by atoms with E-state index in [1.807, 2.05) is 4.72 Å². The Kier molecular flexibility index (Phi) is 4.18. The quantitative estimate of drug-likeness (QED) is 0.902. The van der Waals surface area contributed by atoms with Gasteiger partial charge in [-0.2, -0.15) is 0 Å². The number of carbonyl (C=O) groups excluding carboxylic acids is 1. The van der Waals surface area contributed by atoms with Gasteiger partial charge < -0.3 is 5.32 Å². The lowest BCUT2D eigenvalue weighted by Gasteiger charge is -2.09. The van der Waals surface area contributed by atoms with Gasteiger partial charge in [-0.05, 0) is 30.3 Å². The summed E-state index contributed by atoms with van der Waals surface area (Å²) in [4.78, 5) is 15.8. The van der Waals surface area contributed by atoms with Crippen LogP contribution in [0, 0.1) is 5.82 Å². The Labute approximate surface area is 121 Å². The van der Waals surface area contributed by atoms with Crippen LogP contribution in [0.1, 0.15) is 10.5 Å². The minimum atomic E-state index is -3.61. The second-order valence-corrected chi connectivity index (χ2v) is 5.99. The van der Waals surface area contributed by atoms with Gasteiger partial charge >= 0.3 is 0 Å². The molecule has 0 aliphatic rings. The molecule has 110 valence electrons. The van der Waals surface area contributed by atoms with Crippen LogP contribution in [-0.2, 0) is 10.0 Å². The van der Waals surface area contributed by atoms with Gasteiger partial charge in [-0.25, -0.2) is 12.8 Å². The summed E-state index contributed by atoms with van der Waals surface area (Å²) in [7, 11) is -3.61. The van der Waals surface area contributed by atoms with Crippen molar-refractivity contribution in [3.63, 3.8) is 0 Å². The molecule has 0 atom stereocenters. The average Bonchev–Trinajstić information content (AvgIpc) is 2.42. The number of benzene rings is 1. The van der Waals surface area contributed by atoms with Gasteiger partial charge in [-0.1, -0.05) is 6.07 Å². The second kappa shape index (κ2) is 5.88. The van der Waals surface area contributed by atoms with Crippen molar-refractivity contribution in [3.8, 4) is 0 Å². The van der Waals surface area contributed by atoms with Gasteiger partial charge in [0.1, 0.15) is 11.5 Å². The molecule has 2 N–H and O–H groups in total. The lowest BCUT2D eigenvalue weighted by Crippen LogP contribution is -2.15. The summed E-state index contributed by atoms with van der Waals surface area (Å²) >= 11 is 0. The molecular weight excluding hydrogens is 297 g/mol. The molecule has 1 amide bonds. The molecular formula is C13H12FN3O3S. The van der Waals surface area contributed by atoms with Gasteiger partial charge in [0.2, 0.25) is 10.0 Å². The number of aromatic nitrogens is 1. The van der Waals surface area contributed by atoms with Crippen LogP contribution in [0.25, 0.3) is 0 Å². The number of rotatable bonds is 4. The molecule has 21 heavy (non-hydrogen) atoms. The Hall–Kier alpha value is -2.48. The summed E-state index contributed by atoms with van der Waals surface area (Å²) in [6, 6.07) is 8.42. The highest BCUT2D eigenvalue weighted by molar-refractivity contribution is 7.92. The van der Waals surface area contributed by atoms with Gasteiger partial charge in [0, 0.05) is 11.9 Å². The van der Waals surface area contributed by atoms with E-state index in [2.05, 4.69) is 10.3 Å². The molecule has 0 bridgehead atoms. The molecule has 2 aromatic rings. The number of nitrogens with zero attached hydrogens (tertiary/aromatic N) is 1. The molecule has 8 heteroatoms. The van der Waals surface area contributed by atoms with Crippen LogP contribution < -0.4 is 10.0 Å². The van der Waals surface area contributed by atoms with E-state index in [1.165, 1.54) is 24.4 Å². The smallest absolute Gasteiger partial charge is 0.274 e. The van der Waals surface area contributed by atoms with Gasteiger partial charge in [0.25, 0.3) is 5.91 Å². The third kappa shape index (κ3) is 4.25. The number of pyridine rings is 1. The number of carbonyl (C=O) groups is 1. The van der Waals surface area contributed by atoms with E-state index < -0.39 is 21.7 Å². The molecule has 0 spiro atoms. The summed E-state index contributed by atoms with van der Waals surface area (Å²) in [6.45, 7) is 0. The lowest BCUT2D eigenvalue weighted by atomic mass is 10.2. The average molecular weight is 309 g/mol. The third-order valence-corrected chi connectivity index (χ3v) is 3.01. The maximum absolute atomic E-state index is 13.5. The molecule has 0 fully saturated rings. The Balaban J connectivity index is 2.22. The molecule has 2 rings (SSSR count). The molecule has 1 aromatic carbocycles. The van der Waals surface area contributed by atoms with E-state index in [9.17, 15) is 17.6 Å².